The van der Waals surface area contributed by atoms with Crippen molar-refractivity contribution in [2.45, 2.75) is 25.8 Å². The molecule has 2 unspecified atom stereocenters. The molecule has 2 N–H and O–H groups in total. The molecule has 2 atom stereocenters. The number of aromatic nitrogens is 2. The first-order chi connectivity index (χ1) is 6.75. The van der Waals surface area contributed by atoms with E-state index in [1.165, 1.54) is 5.57 Å². The van der Waals surface area contributed by atoms with Crippen LogP contribution in [0, 0.1) is 5.92 Å². The van der Waals surface area contributed by atoms with Crippen molar-refractivity contribution in [3.05, 3.63) is 30.4 Å². The molecule has 0 amide bonds. The molecular weight excluding hydrogens is 174 g/mol. The monoisotopic (exact) mass is 189 g/mol. The Morgan fingerprint density at radius 3 is 2.93 bits per heavy atom. The highest BCUT2D eigenvalue weighted by molar-refractivity contribution is 5.63. The minimum Gasteiger partial charge on any atom is -0.324 e. The number of rotatable bonds is 1. The second-order valence-electron chi connectivity index (χ2n) is 3.99. The van der Waals surface area contributed by atoms with E-state index in [0.29, 0.717) is 5.92 Å². The highest BCUT2D eigenvalue weighted by Crippen LogP contribution is 2.28. The van der Waals surface area contributed by atoms with Crippen LogP contribution in [-0.4, -0.2) is 16.0 Å². The summed E-state index contributed by atoms with van der Waals surface area (Å²) in [6.45, 7) is 2.23. The zero-order valence-corrected chi connectivity index (χ0v) is 8.35. The van der Waals surface area contributed by atoms with Gasteiger partial charge in [-0.05, 0) is 24.3 Å². The largest absolute Gasteiger partial charge is 0.324 e. The van der Waals surface area contributed by atoms with Crippen LogP contribution in [0.25, 0.3) is 5.57 Å². The molecule has 0 saturated heterocycles. The van der Waals surface area contributed by atoms with Gasteiger partial charge >= 0.3 is 0 Å². The second kappa shape index (κ2) is 3.88. The fourth-order valence-corrected chi connectivity index (χ4v) is 1.97. The highest BCUT2D eigenvalue weighted by Gasteiger charge is 2.18. The summed E-state index contributed by atoms with van der Waals surface area (Å²) in [6.07, 6.45) is 9.47. The summed E-state index contributed by atoms with van der Waals surface area (Å²) in [5, 5.41) is 0. The molecule has 2 rings (SSSR count). The average molecular weight is 189 g/mol. The minimum absolute atomic E-state index is 0.177. The van der Waals surface area contributed by atoms with Gasteiger partial charge in [0.2, 0.25) is 0 Å². The molecular formula is C11H15N3. The fourth-order valence-electron chi connectivity index (χ4n) is 1.97. The zero-order chi connectivity index (χ0) is 9.97. The van der Waals surface area contributed by atoms with Gasteiger partial charge in [-0.1, -0.05) is 13.0 Å². The molecule has 1 heterocycles. The van der Waals surface area contributed by atoms with Gasteiger partial charge in [-0.2, -0.15) is 0 Å². The summed E-state index contributed by atoms with van der Waals surface area (Å²) in [5.41, 5.74) is 8.14. The van der Waals surface area contributed by atoms with Crippen molar-refractivity contribution in [2.75, 3.05) is 0 Å². The van der Waals surface area contributed by atoms with E-state index >= 15 is 0 Å². The number of hydrogen-bond donors (Lipinski definition) is 1. The quantitative estimate of drug-likeness (QED) is 0.730. The van der Waals surface area contributed by atoms with Crippen LogP contribution in [0.15, 0.2) is 24.7 Å². The lowest BCUT2D eigenvalue weighted by Crippen LogP contribution is -2.24. The molecule has 1 aliphatic rings. The molecule has 0 fully saturated rings. The Bertz CT molecular complexity index is 332. The lowest BCUT2D eigenvalue weighted by molar-refractivity contribution is 0.495. The molecule has 0 aliphatic heterocycles. The van der Waals surface area contributed by atoms with E-state index in [4.69, 9.17) is 5.73 Å². The van der Waals surface area contributed by atoms with Crippen molar-refractivity contribution in [3.63, 3.8) is 0 Å². The third-order valence-electron chi connectivity index (χ3n) is 2.55. The van der Waals surface area contributed by atoms with Gasteiger partial charge in [0.1, 0.15) is 0 Å². The third-order valence-corrected chi connectivity index (χ3v) is 2.55. The highest BCUT2D eigenvalue weighted by atomic mass is 14.8. The molecule has 3 nitrogen and oxygen atoms in total. The molecule has 1 aliphatic carbocycles. The Morgan fingerprint density at radius 2 is 2.29 bits per heavy atom. The van der Waals surface area contributed by atoms with E-state index in [9.17, 15) is 0 Å². The van der Waals surface area contributed by atoms with Crippen LogP contribution in [0.3, 0.4) is 0 Å². The average Bonchev–Trinajstić information content (AvgIpc) is 2.18. The topological polar surface area (TPSA) is 51.8 Å². The predicted molar refractivity (Wildman–Crippen MR) is 56.4 cm³/mol. The van der Waals surface area contributed by atoms with E-state index < -0.39 is 0 Å². The molecule has 0 saturated carbocycles. The summed E-state index contributed by atoms with van der Waals surface area (Å²) < 4.78 is 0. The molecule has 1 aromatic heterocycles. The lowest BCUT2D eigenvalue weighted by Gasteiger charge is -2.23. The first-order valence-electron chi connectivity index (χ1n) is 4.98. The second-order valence-corrected chi connectivity index (χ2v) is 3.99. The maximum atomic E-state index is 5.93. The van der Waals surface area contributed by atoms with E-state index in [0.717, 1.165) is 18.5 Å². The summed E-state index contributed by atoms with van der Waals surface area (Å²) in [4.78, 5) is 8.35. The Labute approximate surface area is 84.1 Å². The van der Waals surface area contributed by atoms with E-state index in [1.54, 1.807) is 18.6 Å². The smallest absolute Gasteiger partial charge is 0.0842 e. The maximum absolute atomic E-state index is 5.93. The summed E-state index contributed by atoms with van der Waals surface area (Å²) in [7, 11) is 0. The summed E-state index contributed by atoms with van der Waals surface area (Å²) in [5.74, 6) is 0.645. The Morgan fingerprint density at radius 1 is 1.43 bits per heavy atom. The van der Waals surface area contributed by atoms with Crippen molar-refractivity contribution in [3.8, 4) is 0 Å². The van der Waals surface area contributed by atoms with Crippen LogP contribution >= 0.6 is 0 Å². The Balaban J connectivity index is 2.26. The standard InChI is InChI=1S/C11H15N3/c1-8-4-9(6-10(12)5-8)11-7-13-2-3-14-11/h2-3,6-8,10H,4-5,12H2,1H3. The fraction of sp³-hybridized carbons (Fsp3) is 0.455. The van der Waals surface area contributed by atoms with Gasteiger partial charge in [-0.25, -0.2) is 0 Å². The summed E-state index contributed by atoms with van der Waals surface area (Å²) in [6, 6.07) is 0.177. The van der Waals surface area contributed by atoms with Gasteiger partial charge in [0.05, 0.1) is 11.9 Å². The SMILES string of the molecule is CC1CC(c2cnccn2)=CC(N)C1. The lowest BCUT2D eigenvalue weighted by atomic mass is 9.86. The van der Waals surface area contributed by atoms with Crippen molar-refractivity contribution in [1.29, 1.82) is 0 Å². The Hall–Kier alpha value is -1.22. The van der Waals surface area contributed by atoms with Crippen LogP contribution in [0.2, 0.25) is 0 Å². The van der Waals surface area contributed by atoms with Gasteiger partial charge in [-0.15, -0.1) is 0 Å². The van der Waals surface area contributed by atoms with Crippen LogP contribution < -0.4 is 5.73 Å². The molecule has 0 bridgehead atoms. The van der Waals surface area contributed by atoms with Crippen LogP contribution in [0.1, 0.15) is 25.5 Å². The number of allylic oxidation sites excluding steroid dienone is 1. The zero-order valence-electron chi connectivity index (χ0n) is 8.35. The maximum Gasteiger partial charge on any atom is 0.0842 e. The number of nitrogens with zero attached hydrogens (tertiary/aromatic N) is 2. The van der Waals surface area contributed by atoms with Gasteiger partial charge < -0.3 is 5.73 Å². The molecule has 0 radical (unpaired) electrons. The van der Waals surface area contributed by atoms with Crippen molar-refractivity contribution in [1.82, 2.24) is 9.97 Å². The first kappa shape index (κ1) is 9.34. The third kappa shape index (κ3) is 1.99. The van der Waals surface area contributed by atoms with Crippen molar-refractivity contribution < 1.29 is 0 Å². The molecule has 3 heteroatoms. The van der Waals surface area contributed by atoms with Gasteiger partial charge in [0.15, 0.2) is 0 Å². The molecule has 0 aromatic carbocycles. The summed E-state index contributed by atoms with van der Waals surface area (Å²) >= 11 is 0. The first-order valence-corrected chi connectivity index (χ1v) is 4.98. The molecule has 0 spiro atoms. The van der Waals surface area contributed by atoms with E-state index in [2.05, 4.69) is 23.0 Å². The van der Waals surface area contributed by atoms with Gasteiger partial charge in [0, 0.05) is 18.4 Å². The Kier molecular flexibility index (Phi) is 2.59. The van der Waals surface area contributed by atoms with Gasteiger partial charge in [0.25, 0.3) is 0 Å². The number of hydrogen-bond acceptors (Lipinski definition) is 3. The van der Waals surface area contributed by atoms with Crippen molar-refractivity contribution in [2.24, 2.45) is 11.7 Å². The normalized spacial score (nSPS) is 27.1. The molecule has 14 heavy (non-hydrogen) atoms. The molecule has 74 valence electrons. The van der Waals surface area contributed by atoms with Crippen LogP contribution in [0.5, 0.6) is 0 Å². The van der Waals surface area contributed by atoms with Crippen molar-refractivity contribution >= 4 is 5.57 Å². The van der Waals surface area contributed by atoms with Crippen LogP contribution in [-0.2, 0) is 0 Å². The minimum atomic E-state index is 0.177. The van der Waals surface area contributed by atoms with E-state index in [-0.39, 0.29) is 6.04 Å². The van der Waals surface area contributed by atoms with Crippen LogP contribution in [0.4, 0.5) is 0 Å². The van der Waals surface area contributed by atoms with E-state index in [1.807, 2.05) is 0 Å². The molecule has 1 aromatic rings. The number of nitrogens with two attached hydrogens (primary N) is 1. The predicted octanol–water partition coefficient (Wildman–Crippen LogP) is 1.62. The van der Waals surface area contributed by atoms with Gasteiger partial charge in [-0.3, -0.25) is 9.97 Å².